The normalized spacial score (nSPS) is 15.3. The Hall–Kier alpha value is -2.00. The molecule has 2 unspecified atom stereocenters. The molecule has 0 aliphatic rings. The van der Waals surface area contributed by atoms with E-state index >= 15 is 0 Å². The summed E-state index contributed by atoms with van der Waals surface area (Å²) in [5, 5.41) is 12.6. The van der Waals surface area contributed by atoms with Crippen LogP contribution in [0.3, 0.4) is 0 Å². The minimum absolute atomic E-state index is 0.0311. The molecule has 0 saturated carbocycles. The lowest BCUT2D eigenvalue weighted by molar-refractivity contribution is -0.137. The summed E-state index contributed by atoms with van der Waals surface area (Å²) in [7, 11) is -3.76. The molecule has 0 saturated heterocycles. The molecule has 0 amide bonds. The van der Waals surface area contributed by atoms with E-state index in [1.54, 1.807) is 0 Å². The van der Waals surface area contributed by atoms with E-state index in [1.165, 1.54) is 0 Å². The average Bonchev–Trinajstić information content (AvgIpc) is 2.48. The fraction of sp³-hybridized carbons (Fsp3) is 0.308. The number of benzene rings is 1. The van der Waals surface area contributed by atoms with E-state index in [-0.39, 0.29) is 6.07 Å². The first-order chi connectivity index (χ1) is 11.7. The highest BCUT2D eigenvalue weighted by atomic mass is 35.5. The van der Waals surface area contributed by atoms with Crippen molar-refractivity contribution in [1.29, 1.82) is 10.7 Å². The number of hydrogen-bond acceptors (Lipinski definition) is 4. The van der Waals surface area contributed by atoms with Gasteiger partial charge in [-0.2, -0.15) is 31.6 Å². The average molecular weight is 422 g/mol. The molecule has 1 aromatic rings. The standard InChI is InChI=1S/C13H7ClF7N3OS/c1-5(11(9(23)4-22)26(25)13(19,20)21)24-10-7(14)2-6(3-8(10)15)12(16,17)18/h2-3,11,23H,1H3. The maximum atomic E-state index is 13.9. The van der Waals surface area contributed by atoms with Crippen LogP contribution >= 0.6 is 11.6 Å². The van der Waals surface area contributed by atoms with E-state index in [1.807, 2.05) is 0 Å². The van der Waals surface area contributed by atoms with Crippen LogP contribution < -0.4 is 0 Å². The summed E-state index contributed by atoms with van der Waals surface area (Å²) >= 11 is 5.51. The van der Waals surface area contributed by atoms with Crippen molar-refractivity contribution in [2.75, 3.05) is 0 Å². The summed E-state index contributed by atoms with van der Waals surface area (Å²) in [5.41, 5.74) is -9.76. The van der Waals surface area contributed by atoms with E-state index in [9.17, 15) is 34.9 Å². The molecule has 142 valence electrons. The number of alkyl halides is 6. The van der Waals surface area contributed by atoms with Crippen LogP contribution in [0.2, 0.25) is 5.02 Å². The van der Waals surface area contributed by atoms with Crippen molar-refractivity contribution in [1.82, 2.24) is 0 Å². The van der Waals surface area contributed by atoms with Crippen molar-refractivity contribution >= 4 is 39.5 Å². The third kappa shape index (κ3) is 5.01. The molecule has 4 nitrogen and oxygen atoms in total. The van der Waals surface area contributed by atoms with Crippen molar-refractivity contribution in [3.63, 3.8) is 0 Å². The third-order valence-electron chi connectivity index (χ3n) is 2.84. The van der Waals surface area contributed by atoms with E-state index in [0.29, 0.717) is 6.07 Å². The lowest BCUT2D eigenvalue weighted by Gasteiger charge is -2.16. The van der Waals surface area contributed by atoms with Crippen LogP contribution in [0.1, 0.15) is 12.5 Å². The number of aliphatic imine (C=N–C) groups is 1. The maximum absolute atomic E-state index is 13.9. The van der Waals surface area contributed by atoms with Crippen LogP contribution in [0.5, 0.6) is 0 Å². The quantitative estimate of drug-likeness (QED) is 0.561. The molecule has 0 heterocycles. The minimum Gasteiger partial charge on any atom is -0.293 e. The lowest BCUT2D eigenvalue weighted by atomic mass is 10.1. The summed E-state index contributed by atoms with van der Waals surface area (Å²) in [6.07, 6.45) is -4.93. The van der Waals surface area contributed by atoms with E-state index in [2.05, 4.69) is 4.99 Å². The molecule has 0 radical (unpaired) electrons. The highest BCUT2D eigenvalue weighted by Crippen LogP contribution is 2.37. The summed E-state index contributed by atoms with van der Waals surface area (Å²) in [4.78, 5) is 3.34. The van der Waals surface area contributed by atoms with Crippen LogP contribution in [0, 0.1) is 22.6 Å². The third-order valence-corrected chi connectivity index (χ3v) is 4.59. The van der Waals surface area contributed by atoms with Gasteiger partial charge in [0.1, 0.15) is 33.5 Å². The van der Waals surface area contributed by atoms with Gasteiger partial charge in [0.05, 0.1) is 10.6 Å². The smallest absolute Gasteiger partial charge is 0.293 e. The fourth-order valence-corrected chi connectivity index (χ4v) is 2.88. The molecule has 1 rings (SSSR count). The molecule has 13 heteroatoms. The molecule has 1 N–H and O–H groups in total. The zero-order chi connectivity index (χ0) is 20.4. The number of halogens is 8. The summed E-state index contributed by atoms with van der Waals surface area (Å²) in [6, 6.07) is 1.42. The maximum Gasteiger partial charge on any atom is 0.472 e. The first-order valence-electron chi connectivity index (χ1n) is 6.27. The summed E-state index contributed by atoms with van der Waals surface area (Å²) in [6.45, 7) is 0.813. The van der Waals surface area contributed by atoms with Crippen molar-refractivity contribution in [3.05, 3.63) is 28.5 Å². The molecule has 0 aliphatic heterocycles. The predicted octanol–water partition coefficient (Wildman–Crippen LogP) is 4.77. The van der Waals surface area contributed by atoms with Gasteiger partial charge < -0.3 is 0 Å². The van der Waals surface area contributed by atoms with Gasteiger partial charge >= 0.3 is 11.7 Å². The van der Waals surface area contributed by atoms with Gasteiger partial charge in [-0.1, -0.05) is 11.6 Å². The van der Waals surface area contributed by atoms with Gasteiger partial charge in [0.25, 0.3) is 0 Å². The Morgan fingerprint density at radius 1 is 1.31 bits per heavy atom. The van der Waals surface area contributed by atoms with Gasteiger partial charge in [0, 0.05) is 5.71 Å². The van der Waals surface area contributed by atoms with E-state index in [4.69, 9.17) is 22.3 Å². The molecular formula is C13H7ClF7N3OS. The van der Waals surface area contributed by atoms with E-state index < -0.39 is 61.2 Å². The molecule has 2 atom stereocenters. The number of nitrogens with one attached hydrogen (secondary N) is 1. The van der Waals surface area contributed by atoms with Crippen LogP contribution in [0.15, 0.2) is 17.1 Å². The Bertz CT molecular complexity index is 803. The molecule has 1 aromatic carbocycles. The van der Waals surface area contributed by atoms with Gasteiger partial charge in [-0.05, 0) is 19.1 Å². The molecular weight excluding hydrogens is 415 g/mol. The van der Waals surface area contributed by atoms with Gasteiger partial charge in [0.2, 0.25) is 0 Å². The molecule has 0 spiro atoms. The Kier molecular flexibility index (Phi) is 6.54. The summed E-state index contributed by atoms with van der Waals surface area (Å²) in [5.74, 6) is -1.59. The molecule has 0 aromatic heterocycles. The zero-order valence-corrected chi connectivity index (χ0v) is 14.0. The highest BCUT2D eigenvalue weighted by Gasteiger charge is 2.45. The van der Waals surface area contributed by atoms with Crippen LogP contribution in [-0.2, 0) is 17.0 Å². The van der Waals surface area contributed by atoms with Gasteiger partial charge in [0.15, 0.2) is 5.82 Å². The second-order valence-electron chi connectivity index (χ2n) is 4.69. The zero-order valence-electron chi connectivity index (χ0n) is 12.5. The fourth-order valence-electron chi connectivity index (χ4n) is 1.73. The van der Waals surface area contributed by atoms with Gasteiger partial charge in [-0.15, -0.1) is 0 Å². The Morgan fingerprint density at radius 2 is 1.85 bits per heavy atom. The number of nitriles is 1. The van der Waals surface area contributed by atoms with Crippen molar-refractivity contribution in [3.8, 4) is 6.07 Å². The topological polar surface area (TPSA) is 77.1 Å². The highest BCUT2D eigenvalue weighted by molar-refractivity contribution is 7.88. The second kappa shape index (κ2) is 7.71. The Labute approximate surface area is 149 Å². The largest absolute Gasteiger partial charge is 0.472 e. The van der Waals surface area contributed by atoms with Crippen LogP contribution in [0.4, 0.5) is 36.4 Å². The van der Waals surface area contributed by atoms with Crippen molar-refractivity contribution in [2.24, 2.45) is 4.99 Å². The first kappa shape index (κ1) is 22.0. The first-order valence-corrected chi connectivity index (χ1v) is 7.86. The lowest BCUT2D eigenvalue weighted by Crippen LogP contribution is -2.38. The second-order valence-corrected chi connectivity index (χ2v) is 6.62. The van der Waals surface area contributed by atoms with Crippen molar-refractivity contribution < 1.29 is 34.9 Å². The number of rotatable bonds is 4. The number of nitrogens with zero attached hydrogens (tertiary/aromatic N) is 2. The van der Waals surface area contributed by atoms with Crippen LogP contribution in [0.25, 0.3) is 0 Å². The molecule has 0 fully saturated rings. The van der Waals surface area contributed by atoms with Crippen molar-refractivity contribution in [2.45, 2.75) is 23.9 Å². The molecule has 26 heavy (non-hydrogen) atoms. The minimum atomic E-state index is -5.31. The predicted molar refractivity (Wildman–Crippen MR) is 80.5 cm³/mol. The van der Waals surface area contributed by atoms with Crippen LogP contribution in [-0.4, -0.2) is 26.4 Å². The Balaban J connectivity index is 3.48. The molecule has 0 aliphatic carbocycles. The van der Waals surface area contributed by atoms with Gasteiger partial charge in [-0.25, -0.2) is 8.60 Å². The number of hydrogen-bond donors (Lipinski definition) is 1. The summed E-state index contributed by atoms with van der Waals surface area (Å²) < 4.78 is 101. The van der Waals surface area contributed by atoms with Gasteiger partial charge in [-0.3, -0.25) is 10.4 Å². The van der Waals surface area contributed by atoms with E-state index in [0.717, 1.165) is 13.0 Å². The molecule has 0 bridgehead atoms. The Morgan fingerprint density at radius 3 is 2.23 bits per heavy atom. The monoisotopic (exact) mass is 421 g/mol. The SMILES string of the molecule is CC(=Nc1c(F)cc(C(F)(F)F)cc1Cl)C(C(=N)C#N)S(=O)C(F)(F)F.